The lowest BCUT2D eigenvalue weighted by Gasteiger charge is -2.57. The zero-order valence-corrected chi connectivity index (χ0v) is 21.9. The molecule has 0 atom stereocenters. The van der Waals surface area contributed by atoms with Crippen LogP contribution in [0.1, 0.15) is 51.7 Å². The monoisotopic (exact) mass is 450 g/mol. The van der Waals surface area contributed by atoms with Crippen LogP contribution >= 0.6 is 0 Å². The van der Waals surface area contributed by atoms with E-state index in [9.17, 15) is 9.90 Å². The maximum absolute atomic E-state index is 11.2. The fourth-order valence-corrected chi connectivity index (χ4v) is 11.7. The minimum atomic E-state index is -2.15. The van der Waals surface area contributed by atoms with Crippen LogP contribution in [-0.2, 0) is 4.79 Å². The molecule has 0 saturated heterocycles. The van der Waals surface area contributed by atoms with Gasteiger partial charge in [-0.25, -0.2) is 0 Å². The van der Waals surface area contributed by atoms with Crippen LogP contribution in [-0.4, -0.2) is 47.3 Å². The van der Waals surface area contributed by atoms with Crippen LogP contribution in [0.5, 0.6) is 0 Å². The van der Waals surface area contributed by atoms with Crippen molar-refractivity contribution in [1.82, 2.24) is 0 Å². The second-order valence-electron chi connectivity index (χ2n) is 9.98. The number of allylic oxidation sites excluding steroid dienone is 1. The van der Waals surface area contributed by atoms with Gasteiger partial charge >= 0.3 is 5.97 Å². The number of hydrogen-bond acceptors (Lipinski definition) is 3. The number of anilines is 2. The smallest absolute Gasteiger partial charge is 0.303 e. The summed E-state index contributed by atoms with van der Waals surface area (Å²) >= 11 is 0. The molecule has 0 aliphatic carbocycles. The Morgan fingerprint density at radius 1 is 0.875 bits per heavy atom. The molecule has 0 saturated carbocycles. The summed E-state index contributed by atoms with van der Waals surface area (Å²) in [6, 6.07) is 13.8. The lowest BCUT2D eigenvalue weighted by Crippen LogP contribution is -2.66. The van der Waals surface area contributed by atoms with Crippen LogP contribution in [0, 0.1) is 0 Å². The highest BCUT2D eigenvalue weighted by Crippen LogP contribution is 2.42. The Kier molecular flexibility index (Phi) is 6.89. The minimum absolute atomic E-state index is 0.149. The summed E-state index contributed by atoms with van der Waals surface area (Å²) in [7, 11) is 6.24. The molecule has 0 spiro atoms. The third-order valence-electron chi connectivity index (χ3n) is 7.04. The van der Waals surface area contributed by atoms with E-state index in [0.29, 0.717) is 17.5 Å². The van der Waals surface area contributed by atoms with Gasteiger partial charge in [0, 0.05) is 46.0 Å². The Morgan fingerprint density at radius 2 is 1.31 bits per heavy atom. The van der Waals surface area contributed by atoms with E-state index >= 15 is 0 Å². The standard InChI is InChI=1S/C27H38N2O2Si/c1-18(2)32(19(3)4)25-16-20(28(5)6)12-14-23(25)22(10-9-11-27(30)31)24-15-13-21(29(7)8)17-26(24)32/h10,12-19H,9,11H2,1-8H3,(H,30,31)/q-1. The Bertz CT molecular complexity index is 966. The Morgan fingerprint density at radius 3 is 1.66 bits per heavy atom. The maximum atomic E-state index is 11.2. The Balaban J connectivity index is 2.42. The van der Waals surface area contributed by atoms with Crippen molar-refractivity contribution in [3.05, 3.63) is 53.6 Å². The number of carboxylic acids is 1. The second kappa shape index (κ2) is 9.14. The fraction of sp³-hybridized carbons (Fsp3) is 0.444. The molecule has 1 heterocycles. The van der Waals surface area contributed by atoms with E-state index in [1.807, 2.05) is 0 Å². The zero-order chi connectivity index (χ0) is 23.8. The van der Waals surface area contributed by atoms with E-state index < -0.39 is 14.0 Å². The molecule has 1 aliphatic heterocycles. The maximum Gasteiger partial charge on any atom is 0.303 e. The van der Waals surface area contributed by atoms with E-state index in [1.54, 1.807) is 0 Å². The van der Waals surface area contributed by atoms with Gasteiger partial charge in [0.1, 0.15) is 0 Å². The number of nitrogens with zero attached hydrogens (tertiary/aromatic N) is 2. The molecule has 0 fully saturated rings. The number of hydrogen-bond donors (Lipinski definition) is 1. The van der Waals surface area contributed by atoms with Crippen molar-refractivity contribution in [2.24, 2.45) is 0 Å². The molecule has 5 heteroatoms. The molecule has 1 aliphatic rings. The number of aliphatic carboxylic acids is 1. The average molecular weight is 451 g/mol. The van der Waals surface area contributed by atoms with E-state index in [4.69, 9.17) is 0 Å². The summed E-state index contributed by atoms with van der Waals surface area (Å²) in [6.07, 6.45) is 2.83. The molecule has 173 valence electrons. The zero-order valence-electron chi connectivity index (χ0n) is 20.9. The third kappa shape index (κ3) is 3.99. The summed E-state index contributed by atoms with van der Waals surface area (Å²) in [6.45, 7) is 9.57. The van der Waals surface area contributed by atoms with Gasteiger partial charge < -0.3 is 14.9 Å². The van der Waals surface area contributed by atoms with E-state index in [2.05, 4.69) is 108 Å². The van der Waals surface area contributed by atoms with Crippen molar-refractivity contribution in [3.8, 4) is 0 Å². The van der Waals surface area contributed by atoms with Gasteiger partial charge in [0.15, 0.2) is 0 Å². The molecular formula is C27H38N2O2Si-. The summed E-state index contributed by atoms with van der Waals surface area (Å²) in [5.74, 6) is -0.753. The largest absolute Gasteiger partial charge is 0.481 e. The summed E-state index contributed by atoms with van der Waals surface area (Å²) in [5, 5.41) is 12.2. The summed E-state index contributed by atoms with van der Waals surface area (Å²) in [5.41, 5.74) is 7.26. The van der Waals surface area contributed by atoms with Crippen molar-refractivity contribution < 1.29 is 9.90 Å². The van der Waals surface area contributed by atoms with Gasteiger partial charge in [0.2, 0.25) is 0 Å². The Hall–Kier alpha value is -2.53. The normalized spacial score (nSPS) is 14.2. The van der Waals surface area contributed by atoms with E-state index in [1.165, 1.54) is 38.4 Å². The first-order chi connectivity index (χ1) is 15.0. The number of rotatable bonds is 7. The number of benzene rings is 2. The molecular weight excluding hydrogens is 412 g/mol. The van der Waals surface area contributed by atoms with Gasteiger partial charge in [-0.05, 0) is 35.3 Å². The summed E-state index contributed by atoms with van der Waals surface area (Å²) in [4.78, 5) is 15.6. The van der Waals surface area contributed by atoms with Crippen LogP contribution in [0.15, 0.2) is 42.5 Å². The second-order valence-corrected chi connectivity index (χ2v) is 15.1. The fourth-order valence-electron chi connectivity index (χ4n) is 5.54. The first-order valence-corrected chi connectivity index (χ1v) is 13.7. The molecule has 32 heavy (non-hydrogen) atoms. The van der Waals surface area contributed by atoms with Crippen LogP contribution in [0.4, 0.5) is 11.4 Å². The molecule has 1 N–H and O–H groups in total. The van der Waals surface area contributed by atoms with Crippen LogP contribution in [0.25, 0.3) is 5.57 Å². The summed E-state index contributed by atoms with van der Waals surface area (Å²) < 4.78 is 0. The number of carboxylic acid groups (broad SMARTS) is 1. The third-order valence-corrected chi connectivity index (χ3v) is 13.3. The Labute approximate surface area is 194 Å². The minimum Gasteiger partial charge on any atom is -0.481 e. The molecule has 0 aromatic heterocycles. The van der Waals surface area contributed by atoms with Crippen molar-refractivity contribution in [2.75, 3.05) is 38.0 Å². The van der Waals surface area contributed by atoms with Gasteiger partial charge in [-0.1, -0.05) is 66.1 Å². The van der Waals surface area contributed by atoms with Crippen molar-refractivity contribution in [1.29, 1.82) is 0 Å². The quantitative estimate of drug-likeness (QED) is 0.615. The lowest BCUT2D eigenvalue weighted by molar-refractivity contribution is -0.136. The van der Waals surface area contributed by atoms with Crippen molar-refractivity contribution in [2.45, 2.75) is 51.6 Å². The van der Waals surface area contributed by atoms with Crippen molar-refractivity contribution in [3.63, 3.8) is 0 Å². The first kappa shape index (κ1) is 24.1. The van der Waals surface area contributed by atoms with E-state index in [0.717, 1.165) is 0 Å². The first-order valence-electron chi connectivity index (χ1n) is 11.6. The van der Waals surface area contributed by atoms with Crippen LogP contribution < -0.4 is 20.2 Å². The average Bonchev–Trinajstić information content (AvgIpc) is 2.71. The molecule has 2 aromatic carbocycles. The molecule has 4 nitrogen and oxygen atoms in total. The van der Waals surface area contributed by atoms with Gasteiger partial charge in [0.05, 0.1) is 0 Å². The van der Waals surface area contributed by atoms with Gasteiger partial charge in [-0.15, -0.1) is 11.1 Å². The molecule has 0 unspecified atom stereocenters. The van der Waals surface area contributed by atoms with Crippen LogP contribution in [0.3, 0.4) is 0 Å². The number of fused-ring (bicyclic) bond motifs is 2. The molecule has 0 bridgehead atoms. The molecule has 0 amide bonds. The van der Waals surface area contributed by atoms with Crippen LogP contribution in [0.2, 0.25) is 11.1 Å². The van der Waals surface area contributed by atoms with Gasteiger partial charge in [-0.2, -0.15) is 10.4 Å². The highest BCUT2D eigenvalue weighted by atomic mass is 28.3. The van der Waals surface area contributed by atoms with Crippen molar-refractivity contribution >= 4 is 41.4 Å². The SMILES string of the molecule is CC(C)[Si-]1(C(C)C)c2cc(N(C)C)ccc2C(=CCCC(=O)O)c2ccc(N(C)C)cc21. The highest BCUT2D eigenvalue weighted by Gasteiger charge is 2.38. The lowest BCUT2D eigenvalue weighted by atomic mass is 9.94. The topological polar surface area (TPSA) is 43.8 Å². The highest BCUT2D eigenvalue weighted by molar-refractivity contribution is 7.05. The predicted octanol–water partition coefficient (Wildman–Crippen LogP) is 4.81. The predicted molar refractivity (Wildman–Crippen MR) is 141 cm³/mol. The van der Waals surface area contributed by atoms with Gasteiger partial charge in [0.25, 0.3) is 0 Å². The molecule has 2 aromatic rings. The molecule has 0 radical (unpaired) electrons. The van der Waals surface area contributed by atoms with Gasteiger partial charge in [-0.3, -0.25) is 4.79 Å². The number of carbonyl (C=O) groups is 1. The molecule has 3 rings (SSSR count). The van der Waals surface area contributed by atoms with E-state index in [-0.39, 0.29) is 6.42 Å².